The molecule has 0 saturated carbocycles. The highest BCUT2D eigenvalue weighted by Gasteiger charge is 2.29. The molecule has 0 saturated heterocycles. The third-order valence-electron chi connectivity index (χ3n) is 9.68. The Labute approximate surface area is 313 Å². The van der Waals surface area contributed by atoms with Crippen molar-refractivity contribution in [3.05, 3.63) is 218 Å². The van der Waals surface area contributed by atoms with Gasteiger partial charge in [-0.15, -0.1) is 0 Å². The van der Waals surface area contributed by atoms with Gasteiger partial charge in [-0.25, -0.2) is 0 Å². The predicted octanol–water partition coefficient (Wildman–Crippen LogP) is 11.5. The Kier molecular flexibility index (Phi) is 9.36. The Morgan fingerprint density at radius 3 is 1.32 bits per heavy atom. The summed E-state index contributed by atoms with van der Waals surface area (Å²) in [5.74, 6) is 0.905. The average molecular weight is 715 g/mol. The molecular weight excluding hydrogens is 678 g/mol. The molecule has 9 rings (SSSR count). The summed E-state index contributed by atoms with van der Waals surface area (Å²) in [5, 5.41) is 11.0. The molecular formula is C50H36OP2. The Morgan fingerprint density at radius 1 is 0.340 bits per heavy atom. The van der Waals surface area contributed by atoms with Crippen molar-refractivity contribution in [2.24, 2.45) is 0 Å². The highest BCUT2D eigenvalue weighted by Crippen LogP contribution is 2.52. The van der Waals surface area contributed by atoms with Crippen molar-refractivity contribution < 1.29 is 4.52 Å². The van der Waals surface area contributed by atoms with Gasteiger partial charge >= 0.3 is 0 Å². The highest BCUT2D eigenvalue weighted by atomic mass is 31.1. The molecule has 252 valence electrons. The van der Waals surface area contributed by atoms with E-state index in [9.17, 15) is 0 Å². The van der Waals surface area contributed by atoms with Gasteiger partial charge in [-0.1, -0.05) is 212 Å². The molecule has 0 N–H and O–H groups in total. The summed E-state index contributed by atoms with van der Waals surface area (Å²) in [6.45, 7) is 0. The summed E-state index contributed by atoms with van der Waals surface area (Å²) >= 11 is 0. The van der Waals surface area contributed by atoms with E-state index in [1.165, 1.54) is 53.6 Å². The van der Waals surface area contributed by atoms with Crippen molar-refractivity contribution in [1.29, 1.82) is 0 Å². The molecule has 9 aromatic carbocycles. The van der Waals surface area contributed by atoms with Gasteiger partial charge in [0.2, 0.25) is 0 Å². The molecule has 1 nitrogen and oxygen atoms in total. The van der Waals surface area contributed by atoms with Crippen molar-refractivity contribution in [2.75, 3.05) is 0 Å². The highest BCUT2D eigenvalue weighted by molar-refractivity contribution is 7.80. The van der Waals surface area contributed by atoms with Crippen LogP contribution in [0.4, 0.5) is 0 Å². The Bertz CT molecular complexity index is 2550. The number of fused-ring (bicyclic) bond motifs is 2. The van der Waals surface area contributed by atoms with Gasteiger partial charge in [0.05, 0.1) is 0 Å². The van der Waals surface area contributed by atoms with E-state index in [1.807, 2.05) is 0 Å². The van der Waals surface area contributed by atoms with Gasteiger partial charge in [-0.05, 0) is 57.0 Å². The van der Waals surface area contributed by atoms with Gasteiger partial charge in [0.1, 0.15) is 5.75 Å². The Morgan fingerprint density at radius 2 is 0.774 bits per heavy atom. The zero-order chi connectivity index (χ0) is 35.4. The van der Waals surface area contributed by atoms with Crippen LogP contribution in [0, 0.1) is 0 Å². The van der Waals surface area contributed by atoms with Crippen LogP contribution in [-0.2, 0) is 0 Å². The normalized spacial score (nSPS) is 11.4. The van der Waals surface area contributed by atoms with Gasteiger partial charge in [-0.3, -0.25) is 0 Å². The van der Waals surface area contributed by atoms with Crippen molar-refractivity contribution in [2.45, 2.75) is 0 Å². The fraction of sp³-hybridized carbons (Fsp3) is 0. The van der Waals surface area contributed by atoms with E-state index in [-0.39, 0.29) is 0 Å². The van der Waals surface area contributed by atoms with Crippen LogP contribution in [0.25, 0.3) is 43.8 Å². The Balaban J connectivity index is 1.43. The average Bonchev–Trinajstić information content (AvgIpc) is 3.24. The number of rotatable bonds is 9. The molecule has 0 bridgehead atoms. The molecule has 0 spiro atoms. The van der Waals surface area contributed by atoms with Crippen LogP contribution in [0.15, 0.2) is 218 Å². The first-order valence-electron chi connectivity index (χ1n) is 18.0. The quantitative estimate of drug-likeness (QED) is 0.135. The van der Waals surface area contributed by atoms with E-state index in [0.717, 1.165) is 22.4 Å². The molecule has 53 heavy (non-hydrogen) atoms. The third-order valence-corrected chi connectivity index (χ3v) is 14.1. The molecule has 9 aromatic rings. The first-order valence-corrected chi connectivity index (χ1v) is 20.6. The van der Waals surface area contributed by atoms with Gasteiger partial charge < -0.3 is 4.52 Å². The van der Waals surface area contributed by atoms with Gasteiger partial charge in [0, 0.05) is 27.3 Å². The van der Waals surface area contributed by atoms with E-state index >= 15 is 0 Å². The molecule has 0 aromatic heterocycles. The van der Waals surface area contributed by atoms with Crippen LogP contribution in [0.3, 0.4) is 0 Å². The summed E-state index contributed by atoms with van der Waals surface area (Å²) < 4.78 is 7.73. The zero-order valence-corrected chi connectivity index (χ0v) is 30.9. The minimum atomic E-state index is -1.25. The summed E-state index contributed by atoms with van der Waals surface area (Å²) in [6, 6.07) is 78.9. The standard InChI is InChI=1S/C50H36OP2/c1-6-20-37(21-7-1)46-36-39-23-17-19-33-45(39)49(50(46)51-53(42-28-12-4-13-29-42)43-30-14-5-15-31-43)48-44-32-18-16-22-38(44)34-35-47(48)52(40-24-8-2-9-25-40)41-26-10-3-11-27-41/h1-36H. The number of hydrogen-bond donors (Lipinski definition) is 0. The Hall–Kier alpha value is -5.84. The maximum absolute atomic E-state index is 7.73. The fourth-order valence-electron chi connectivity index (χ4n) is 7.27. The fourth-order valence-corrected chi connectivity index (χ4v) is 11.5. The second-order valence-electron chi connectivity index (χ2n) is 13.0. The second-order valence-corrected chi connectivity index (χ2v) is 16.9. The SMILES string of the molecule is c1ccc(-c2cc3ccccc3c(-c3c(P(c4ccccc4)c4ccccc4)ccc4ccccc34)c2OP(c2ccccc2)c2ccccc2)cc1. The van der Waals surface area contributed by atoms with Gasteiger partial charge in [-0.2, -0.15) is 0 Å². The lowest BCUT2D eigenvalue weighted by atomic mass is 9.89. The maximum atomic E-state index is 7.73. The van der Waals surface area contributed by atoms with Crippen LogP contribution in [0.1, 0.15) is 0 Å². The first-order chi connectivity index (χ1) is 26.3. The molecule has 0 atom stereocenters. The van der Waals surface area contributed by atoms with E-state index < -0.39 is 16.1 Å². The molecule has 0 unspecified atom stereocenters. The monoisotopic (exact) mass is 714 g/mol. The number of hydrogen-bond acceptors (Lipinski definition) is 1. The van der Waals surface area contributed by atoms with E-state index in [1.54, 1.807) is 0 Å². The third kappa shape index (κ3) is 6.56. The smallest absolute Gasteiger partial charge is 0.150 e. The largest absolute Gasteiger partial charge is 0.463 e. The molecule has 0 aliphatic rings. The predicted molar refractivity (Wildman–Crippen MR) is 231 cm³/mol. The molecule has 0 radical (unpaired) electrons. The lowest BCUT2D eigenvalue weighted by Crippen LogP contribution is -2.22. The van der Waals surface area contributed by atoms with Crippen LogP contribution in [0.2, 0.25) is 0 Å². The summed E-state index contributed by atoms with van der Waals surface area (Å²) in [4.78, 5) is 0. The minimum Gasteiger partial charge on any atom is -0.463 e. The molecule has 0 aliphatic carbocycles. The van der Waals surface area contributed by atoms with E-state index in [0.29, 0.717) is 0 Å². The van der Waals surface area contributed by atoms with E-state index in [4.69, 9.17) is 4.52 Å². The van der Waals surface area contributed by atoms with Crippen LogP contribution in [-0.4, -0.2) is 0 Å². The molecule has 0 heterocycles. The second kappa shape index (κ2) is 15.0. The summed E-state index contributed by atoms with van der Waals surface area (Å²) in [7, 11) is -2.20. The number of benzene rings is 9. The van der Waals surface area contributed by atoms with Crippen LogP contribution in [0.5, 0.6) is 5.75 Å². The first kappa shape index (κ1) is 33.0. The zero-order valence-electron chi connectivity index (χ0n) is 29.1. The lowest BCUT2D eigenvalue weighted by Gasteiger charge is -2.28. The van der Waals surface area contributed by atoms with Gasteiger partial charge in [0.25, 0.3) is 0 Å². The van der Waals surface area contributed by atoms with Crippen molar-refractivity contribution in [1.82, 2.24) is 0 Å². The lowest BCUT2D eigenvalue weighted by molar-refractivity contribution is 0.635. The minimum absolute atomic E-state index is 0.905. The molecule has 0 amide bonds. The summed E-state index contributed by atoms with van der Waals surface area (Å²) in [5.41, 5.74) is 4.57. The summed E-state index contributed by atoms with van der Waals surface area (Å²) in [6.07, 6.45) is 0. The maximum Gasteiger partial charge on any atom is 0.150 e. The van der Waals surface area contributed by atoms with Crippen molar-refractivity contribution in [3.8, 4) is 28.0 Å². The van der Waals surface area contributed by atoms with Crippen LogP contribution >= 0.6 is 16.1 Å². The topological polar surface area (TPSA) is 9.23 Å². The molecule has 0 fully saturated rings. The molecule has 3 heteroatoms. The van der Waals surface area contributed by atoms with Gasteiger partial charge in [0.15, 0.2) is 8.15 Å². The van der Waals surface area contributed by atoms with Crippen LogP contribution < -0.4 is 31.0 Å². The van der Waals surface area contributed by atoms with Crippen molar-refractivity contribution in [3.63, 3.8) is 0 Å². The van der Waals surface area contributed by atoms with E-state index in [2.05, 4.69) is 218 Å². The molecule has 0 aliphatic heterocycles. The van der Waals surface area contributed by atoms with Crippen molar-refractivity contribution >= 4 is 64.1 Å².